The molecule has 0 amide bonds. The third-order valence-electron chi connectivity index (χ3n) is 3.87. The average molecular weight is 366 g/mol. The molecule has 1 aromatic rings. The van der Waals surface area contributed by atoms with Crippen LogP contribution in [-0.4, -0.2) is 39.4 Å². The van der Waals surface area contributed by atoms with Gasteiger partial charge in [-0.25, -0.2) is 0 Å². The summed E-state index contributed by atoms with van der Waals surface area (Å²) in [5.74, 6) is 1.29. The minimum atomic E-state index is -0.162. The summed E-state index contributed by atoms with van der Waals surface area (Å²) in [5, 5.41) is 0. The van der Waals surface area contributed by atoms with Crippen molar-refractivity contribution in [2.75, 3.05) is 27.4 Å². The summed E-state index contributed by atoms with van der Waals surface area (Å²) in [7, 11) is 2.81. The minimum Gasteiger partial charge on any atom is -0.494 e. The Labute approximate surface area is 155 Å². The molecule has 0 radical (unpaired) electrons. The number of carbonyl (C=O) groups is 2. The number of unbranched alkanes of at least 4 members (excludes halogenated alkanes) is 4. The summed E-state index contributed by atoms with van der Waals surface area (Å²) in [6.45, 7) is 1.25. The zero-order chi connectivity index (χ0) is 19.0. The zero-order valence-electron chi connectivity index (χ0n) is 15.8. The van der Waals surface area contributed by atoms with Crippen LogP contribution in [0.25, 0.3) is 0 Å². The van der Waals surface area contributed by atoms with Crippen LogP contribution >= 0.6 is 0 Å². The second kappa shape index (κ2) is 14.0. The van der Waals surface area contributed by atoms with Crippen molar-refractivity contribution in [3.05, 3.63) is 24.3 Å². The van der Waals surface area contributed by atoms with Crippen molar-refractivity contribution in [1.29, 1.82) is 0 Å². The number of hydrogen-bond donors (Lipinski definition) is 0. The summed E-state index contributed by atoms with van der Waals surface area (Å²) < 4.78 is 20.5. The number of rotatable bonds is 14. The van der Waals surface area contributed by atoms with Crippen LogP contribution in [0.15, 0.2) is 24.3 Å². The van der Waals surface area contributed by atoms with Crippen molar-refractivity contribution in [3.8, 4) is 11.5 Å². The fraction of sp³-hybridized carbons (Fsp3) is 0.600. The second-order valence-corrected chi connectivity index (χ2v) is 5.94. The molecule has 26 heavy (non-hydrogen) atoms. The Hall–Kier alpha value is -2.24. The Morgan fingerprint density at radius 2 is 1.04 bits per heavy atom. The van der Waals surface area contributed by atoms with Crippen LogP contribution in [0.3, 0.4) is 0 Å². The van der Waals surface area contributed by atoms with Crippen LogP contribution < -0.4 is 9.47 Å². The molecule has 6 nitrogen and oxygen atoms in total. The highest BCUT2D eigenvalue weighted by molar-refractivity contribution is 5.69. The Bertz CT molecular complexity index is 465. The standard InChI is InChI=1S/C20H30O6/c1-23-19(21)9-5-3-7-15-25-17-11-13-18(14-12-17)26-16-8-4-6-10-20(22)24-2/h11-14H,3-10,15-16H2,1-2H3. The SMILES string of the molecule is COC(=O)CCCCCOc1ccc(OCCCCCC(=O)OC)cc1. The highest BCUT2D eigenvalue weighted by atomic mass is 16.5. The molecule has 0 heterocycles. The van der Waals surface area contributed by atoms with E-state index >= 15 is 0 Å². The van der Waals surface area contributed by atoms with E-state index in [0.29, 0.717) is 26.1 Å². The highest BCUT2D eigenvalue weighted by Gasteiger charge is 2.01. The van der Waals surface area contributed by atoms with Crippen molar-refractivity contribution in [3.63, 3.8) is 0 Å². The van der Waals surface area contributed by atoms with Crippen LogP contribution in [-0.2, 0) is 19.1 Å². The van der Waals surface area contributed by atoms with E-state index in [9.17, 15) is 9.59 Å². The molecular formula is C20H30O6. The first kappa shape index (κ1) is 21.8. The third-order valence-corrected chi connectivity index (χ3v) is 3.87. The van der Waals surface area contributed by atoms with E-state index in [-0.39, 0.29) is 11.9 Å². The second-order valence-electron chi connectivity index (χ2n) is 5.94. The predicted molar refractivity (Wildman–Crippen MR) is 98.4 cm³/mol. The van der Waals surface area contributed by atoms with Crippen LogP contribution in [0.1, 0.15) is 51.4 Å². The van der Waals surface area contributed by atoms with Gasteiger partial charge in [0.1, 0.15) is 11.5 Å². The van der Waals surface area contributed by atoms with Crippen LogP contribution in [0, 0.1) is 0 Å². The first-order valence-corrected chi connectivity index (χ1v) is 9.15. The summed E-state index contributed by atoms with van der Waals surface area (Å²) in [4.78, 5) is 22.0. The molecular weight excluding hydrogens is 336 g/mol. The number of methoxy groups -OCH3 is 2. The Morgan fingerprint density at radius 1 is 0.654 bits per heavy atom. The lowest BCUT2D eigenvalue weighted by atomic mass is 10.2. The molecule has 0 aliphatic carbocycles. The lowest BCUT2D eigenvalue weighted by Crippen LogP contribution is -2.02. The number of hydrogen-bond acceptors (Lipinski definition) is 6. The van der Waals surface area contributed by atoms with Gasteiger partial charge in [-0.15, -0.1) is 0 Å². The molecule has 6 heteroatoms. The van der Waals surface area contributed by atoms with Gasteiger partial charge in [0.05, 0.1) is 27.4 Å². The molecule has 0 aromatic heterocycles. The van der Waals surface area contributed by atoms with Crippen LogP contribution in [0.4, 0.5) is 0 Å². The molecule has 0 aliphatic heterocycles. The van der Waals surface area contributed by atoms with E-state index in [1.165, 1.54) is 14.2 Å². The normalized spacial score (nSPS) is 10.2. The fourth-order valence-corrected chi connectivity index (χ4v) is 2.31. The smallest absolute Gasteiger partial charge is 0.305 e. The van der Waals surface area contributed by atoms with E-state index in [1.807, 2.05) is 24.3 Å². The molecule has 1 rings (SSSR count). The lowest BCUT2D eigenvalue weighted by molar-refractivity contribution is -0.141. The maximum absolute atomic E-state index is 11.0. The number of benzene rings is 1. The third kappa shape index (κ3) is 10.6. The molecule has 0 atom stereocenters. The summed E-state index contributed by atoms with van der Waals surface area (Å²) in [5.41, 5.74) is 0. The summed E-state index contributed by atoms with van der Waals surface area (Å²) in [6, 6.07) is 7.56. The van der Waals surface area contributed by atoms with Gasteiger partial charge < -0.3 is 18.9 Å². The van der Waals surface area contributed by atoms with Crippen molar-refractivity contribution < 1.29 is 28.5 Å². The Morgan fingerprint density at radius 3 is 1.38 bits per heavy atom. The van der Waals surface area contributed by atoms with Crippen molar-refractivity contribution in [2.24, 2.45) is 0 Å². The van der Waals surface area contributed by atoms with Crippen molar-refractivity contribution in [1.82, 2.24) is 0 Å². The van der Waals surface area contributed by atoms with Crippen molar-refractivity contribution in [2.45, 2.75) is 51.4 Å². The molecule has 0 spiro atoms. The molecule has 0 fully saturated rings. The first-order chi connectivity index (χ1) is 12.7. The van der Waals surface area contributed by atoms with E-state index < -0.39 is 0 Å². The summed E-state index contributed by atoms with van der Waals surface area (Å²) >= 11 is 0. The van der Waals surface area contributed by atoms with E-state index in [0.717, 1.165) is 50.0 Å². The van der Waals surface area contributed by atoms with Crippen LogP contribution in [0.2, 0.25) is 0 Å². The molecule has 0 saturated heterocycles. The molecule has 0 unspecified atom stereocenters. The van der Waals surface area contributed by atoms with E-state index in [1.54, 1.807) is 0 Å². The fourth-order valence-electron chi connectivity index (χ4n) is 2.31. The molecule has 0 saturated carbocycles. The average Bonchev–Trinajstić information content (AvgIpc) is 2.67. The topological polar surface area (TPSA) is 71.1 Å². The maximum Gasteiger partial charge on any atom is 0.305 e. The molecule has 1 aromatic carbocycles. The van der Waals surface area contributed by atoms with Gasteiger partial charge in [-0.05, 0) is 62.8 Å². The van der Waals surface area contributed by atoms with E-state index in [2.05, 4.69) is 9.47 Å². The number of carbonyl (C=O) groups excluding carboxylic acids is 2. The number of esters is 2. The van der Waals surface area contributed by atoms with Gasteiger partial charge in [-0.2, -0.15) is 0 Å². The zero-order valence-corrected chi connectivity index (χ0v) is 15.8. The highest BCUT2D eigenvalue weighted by Crippen LogP contribution is 2.18. The predicted octanol–water partition coefficient (Wildman–Crippen LogP) is 3.91. The molecule has 0 N–H and O–H groups in total. The quantitative estimate of drug-likeness (QED) is 0.367. The van der Waals surface area contributed by atoms with Gasteiger partial charge in [0, 0.05) is 12.8 Å². The van der Waals surface area contributed by atoms with Gasteiger partial charge in [0.15, 0.2) is 0 Å². The van der Waals surface area contributed by atoms with Gasteiger partial charge in [0.2, 0.25) is 0 Å². The molecule has 146 valence electrons. The monoisotopic (exact) mass is 366 g/mol. The Balaban J connectivity index is 2.06. The minimum absolute atomic E-state index is 0.162. The molecule has 0 bridgehead atoms. The summed E-state index contributed by atoms with van der Waals surface area (Å²) in [6.07, 6.45) is 6.25. The van der Waals surface area contributed by atoms with Crippen LogP contribution in [0.5, 0.6) is 11.5 Å². The lowest BCUT2D eigenvalue weighted by Gasteiger charge is -2.09. The van der Waals surface area contributed by atoms with Gasteiger partial charge in [-0.1, -0.05) is 0 Å². The first-order valence-electron chi connectivity index (χ1n) is 9.15. The maximum atomic E-state index is 11.0. The number of ether oxygens (including phenoxy) is 4. The van der Waals surface area contributed by atoms with E-state index in [4.69, 9.17) is 9.47 Å². The van der Waals surface area contributed by atoms with Gasteiger partial charge in [0.25, 0.3) is 0 Å². The van der Waals surface area contributed by atoms with Crippen molar-refractivity contribution >= 4 is 11.9 Å². The van der Waals surface area contributed by atoms with Gasteiger partial charge in [-0.3, -0.25) is 9.59 Å². The van der Waals surface area contributed by atoms with Gasteiger partial charge >= 0.3 is 11.9 Å². The Kier molecular flexibility index (Phi) is 11.7. The largest absolute Gasteiger partial charge is 0.494 e. The molecule has 0 aliphatic rings.